The monoisotopic (exact) mass is 318 g/mol. The lowest BCUT2D eigenvalue weighted by molar-refractivity contribution is 0.190. The van der Waals surface area contributed by atoms with Crippen molar-refractivity contribution in [3.05, 3.63) is 46.6 Å². The van der Waals surface area contributed by atoms with Gasteiger partial charge >= 0.3 is 0 Å². The highest BCUT2D eigenvalue weighted by atomic mass is 35.5. The van der Waals surface area contributed by atoms with Crippen molar-refractivity contribution in [2.75, 3.05) is 26.7 Å². The van der Waals surface area contributed by atoms with E-state index in [2.05, 4.69) is 28.5 Å². The Kier molecular flexibility index (Phi) is 3.44. The molecule has 1 atom stereocenters. The standard InChI is InChI=1S/C16H19ClN4O/c1-21-8-7-18-10-13(21)14-19-15(22-20-14)16(5-6-16)11-3-2-4-12(17)9-11/h2-4,9,13,18H,5-8,10H2,1H3. The van der Waals surface area contributed by atoms with Crippen molar-refractivity contribution in [3.63, 3.8) is 0 Å². The highest BCUT2D eigenvalue weighted by Crippen LogP contribution is 2.53. The summed E-state index contributed by atoms with van der Waals surface area (Å²) in [5.41, 5.74) is 1.04. The zero-order valence-electron chi connectivity index (χ0n) is 12.6. The Balaban J connectivity index is 1.64. The average molecular weight is 319 g/mol. The molecular weight excluding hydrogens is 300 g/mol. The minimum absolute atomic E-state index is 0.128. The number of nitrogens with one attached hydrogen (secondary N) is 1. The fourth-order valence-electron chi connectivity index (χ4n) is 3.20. The van der Waals surface area contributed by atoms with Crippen molar-refractivity contribution in [2.24, 2.45) is 0 Å². The average Bonchev–Trinajstić information content (AvgIpc) is 3.19. The van der Waals surface area contributed by atoms with Gasteiger partial charge in [-0.15, -0.1) is 0 Å². The van der Waals surface area contributed by atoms with Crippen LogP contribution < -0.4 is 5.32 Å². The Hall–Kier alpha value is -1.43. The molecule has 5 nitrogen and oxygen atoms in total. The summed E-state index contributed by atoms with van der Waals surface area (Å²) in [5, 5.41) is 8.38. The number of piperazine rings is 1. The fourth-order valence-corrected chi connectivity index (χ4v) is 3.39. The molecule has 116 valence electrons. The molecule has 1 aromatic carbocycles. The molecule has 0 bridgehead atoms. The number of benzene rings is 1. The van der Waals surface area contributed by atoms with Gasteiger partial charge in [0.25, 0.3) is 0 Å². The minimum Gasteiger partial charge on any atom is -0.338 e. The fraction of sp³-hybridized carbons (Fsp3) is 0.500. The summed E-state index contributed by atoms with van der Waals surface area (Å²) in [4.78, 5) is 6.99. The van der Waals surface area contributed by atoms with Crippen LogP contribution >= 0.6 is 11.6 Å². The molecule has 2 aliphatic rings. The van der Waals surface area contributed by atoms with Crippen molar-refractivity contribution < 1.29 is 4.52 Å². The SMILES string of the molecule is CN1CCNCC1c1noc(C2(c3cccc(Cl)c3)CC2)n1. The third-order valence-electron chi connectivity index (χ3n) is 4.79. The van der Waals surface area contributed by atoms with Crippen molar-refractivity contribution in [1.82, 2.24) is 20.4 Å². The molecule has 6 heteroatoms. The van der Waals surface area contributed by atoms with Crippen LogP contribution in [0.4, 0.5) is 0 Å². The molecule has 0 amide bonds. The molecule has 4 rings (SSSR count). The van der Waals surface area contributed by atoms with E-state index in [1.54, 1.807) is 0 Å². The molecule has 1 aromatic heterocycles. The van der Waals surface area contributed by atoms with Crippen molar-refractivity contribution in [2.45, 2.75) is 24.3 Å². The number of aromatic nitrogens is 2. The van der Waals surface area contributed by atoms with Crippen LogP contribution in [0.1, 0.15) is 36.2 Å². The van der Waals surface area contributed by atoms with Gasteiger partial charge in [-0.3, -0.25) is 4.90 Å². The summed E-state index contributed by atoms with van der Waals surface area (Å²) in [7, 11) is 2.10. The largest absolute Gasteiger partial charge is 0.338 e. The Bertz CT molecular complexity index is 682. The second kappa shape index (κ2) is 5.33. The molecule has 1 unspecified atom stereocenters. The summed E-state index contributed by atoms with van der Waals surface area (Å²) < 4.78 is 5.63. The van der Waals surface area contributed by atoms with Gasteiger partial charge in [0.1, 0.15) is 0 Å². The van der Waals surface area contributed by atoms with E-state index in [0.717, 1.165) is 49.2 Å². The van der Waals surface area contributed by atoms with Crippen LogP contribution in [-0.2, 0) is 5.41 Å². The van der Waals surface area contributed by atoms with Crippen LogP contribution in [0, 0.1) is 0 Å². The van der Waals surface area contributed by atoms with E-state index in [4.69, 9.17) is 21.1 Å². The first-order valence-electron chi connectivity index (χ1n) is 7.70. The topological polar surface area (TPSA) is 54.2 Å². The smallest absolute Gasteiger partial charge is 0.237 e. The van der Waals surface area contributed by atoms with E-state index in [0.29, 0.717) is 0 Å². The third kappa shape index (κ3) is 2.33. The molecule has 1 saturated heterocycles. The Morgan fingerprint density at radius 1 is 1.41 bits per heavy atom. The number of halogens is 1. The summed E-state index contributed by atoms with van der Waals surface area (Å²) in [6, 6.07) is 8.15. The quantitative estimate of drug-likeness (QED) is 0.941. The number of likely N-dealkylation sites (N-methyl/N-ethyl adjacent to an activating group) is 1. The number of hydrogen-bond donors (Lipinski definition) is 1. The maximum absolute atomic E-state index is 6.13. The first-order valence-corrected chi connectivity index (χ1v) is 8.08. The molecule has 1 saturated carbocycles. The van der Waals surface area contributed by atoms with E-state index in [1.807, 2.05) is 18.2 Å². The van der Waals surface area contributed by atoms with Gasteiger partial charge in [0.2, 0.25) is 5.89 Å². The van der Waals surface area contributed by atoms with Crippen LogP contribution in [-0.4, -0.2) is 41.7 Å². The van der Waals surface area contributed by atoms with E-state index < -0.39 is 0 Å². The van der Waals surface area contributed by atoms with E-state index in [9.17, 15) is 0 Å². The molecule has 0 radical (unpaired) electrons. The van der Waals surface area contributed by atoms with Crippen LogP contribution in [0.25, 0.3) is 0 Å². The Morgan fingerprint density at radius 2 is 2.27 bits per heavy atom. The summed E-state index contributed by atoms with van der Waals surface area (Å²) in [6.45, 7) is 2.86. The lowest BCUT2D eigenvalue weighted by Crippen LogP contribution is -2.44. The zero-order valence-corrected chi connectivity index (χ0v) is 13.3. The van der Waals surface area contributed by atoms with Crippen molar-refractivity contribution >= 4 is 11.6 Å². The first kappa shape index (κ1) is 14.2. The second-order valence-corrected chi connectivity index (χ2v) is 6.69. The second-order valence-electron chi connectivity index (χ2n) is 6.25. The normalized spacial score (nSPS) is 24.4. The van der Waals surface area contributed by atoms with Gasteiger partial charge in [-0.25, -0.2) is 0 Å². The number of hydrogen-bond acceptors (Lipinski definition) is 5. The van der Waals surface area contributed by atoms with Gasteiger partial charge in [0.15, 0.2) is 5.82 Å². The van der Waals surface area contributed by atoms with Crippen molar-refractivity contribution in [3.8, 4) is 0 Å². The molecule has 1 aliphatic heterocycles. The van der Waals surface area contributed by atoms with Gasteiger partial charge in [0.05, 0.1) is 11.5 Å². The van der Waals surface area contributed by atoms with Crippen LogP contribution in [0.15, 0.2) is 28.8 Å². The van der Waals surface area contributed by atoms with Gasteiger partial charge in [-0.05, 0) is 37.6 Å². The molecular formula is C16H19ClN4O. The predicted octanol–water partition coefficient (Wildman–Crippen LogP) is 2.38. The minimum atomic E-state index is -0.128. The van der Waals surface area contributed by atoms with Crippen molar-refractivity contribution in [1.29, 1.82) is 0 Å². The van der Waals surface area contributed by atoms with Gasteiger partial charge in [-0.2, -0.15) is 4.98 Å². The highest BCUT2D eigenvalue weighted by Gasteiger charge is 2.51. The summed E-state index contributed by atoms with van der Waals surface area (Å²) in [5.74, 6) is 1.50. The lowest BCUT2D eigenvalue weighted by atomic mass is 9.96. The van der Waals surface area contributed by atoms with E-state index >= 15 is 0 Å². The van der Waals surface area contributed by atoms with Crippen LogP contribution in [0.3, 0.4) is 0 Å². The molecule has 2 aromatic rings. The van der Waals surface area contributed by atoms with Crippen LogP contribution in [0.2, 0.25) is 5.02 Å². The van der Waals surface area contributed by atoms with E-state index in [1.165, 1.54) is 5.56 Å². The van der Waals surface area contributed by atoms with E-state index in [-0.39, 0.29) is 11.5 Å². The zero-order chi connectivity index (χ0) is 15.2. The first-order chi connectivity index (χ1) is 10.7. The maximum atomic E-state index is 6.13. The predicted molar refractivity (Wildman–Crippen MR) is 84.0 cm³/mol. The highest BCUT2D eigenvalue weighted by molar-refractivity contribution is 6.30. The molecule has 1 N–H and O–H groups in total. The van der Waals surface area contributed by atoms with Crippen LogP contribution in [0.5, 0.6) is 0 Å². The number of rotatable bonds is 3. The third-order valence-corrected chi connectivity index (χ3v) is 5.02. The summed E-state index contributed by atoms with van der Waals surface area (Å²) >= 11 is 6.13. The van der Waals surface area contributed by atoms with Gasteiger partial charge in [-0.1, -0.05) is 28.9 Å². The molecule has 2 fully saturated rings. The van der Waals surface area contributed by atoms with Gasteiger partial charge < -0.3 is 9.84 Å². The molecule has 22 heavy (non-hydrogen) atoms. The lowest BCUT2D eigenvalue weighted by Gasteiger charge is -2.30. The Labute approximate surface area is 134 Å². The van der Waals surface area contributed by atoms with Gasteiger partial charge in [0, 0.05) is 24.7 Å². The molecule has 2 heterocycles. The Morgan fingerprint density at radius 3 is 3.00 bits per heavy atom. The summed E-state index contributed by atoms with van der Waals surface area (Å²) in [6.07, 6.45) is 2.07. The maximum Gasteiger partial charge on any atom is 0.237 e. The molecule has 1 aliphatic carbocycles. The molecule has 0 spiro atoms. The number of nitrogens with zero attached hydrogens (tertiary/aromatic N) is 3.